The summed E-state index contributed by atoms with van der Waals surface area (Å²) in [6.07, 6.45) is 1.64. The van der Waals surface area contributed by atoms with Crippen LogP contribution in [0.15, 0.2) is 40.8 Å². The van der Waals surface area contributed by atoms with E-state index in [1.165, 1.54) is 22.5 Å². The molecule has 19 heavy (non-hydrogen) atoms. The summed E-state index contributed by atoms with van der Waals surface area (Å²) >= 11 is 1.50. The van der Waals surface area contributed by atoms with Crippen LogP contribution in [0.2, 0.25) is 0 Å². The molecule has 0 amide bonds. The number of benzene rings is 1. The lowest BCUT2D eigenvalue weighted by atomic mass is 10.1. The number of rotatable bonds is 2. The molecule has 3 nitrogen and oxygen atoms in total. The van der Waals surface area contributed by atoms with Gasteiger partial charge in [0.15, 0.2) is 0 Å². The highest BCUT2D eigenvalue weighted by Crippen LogP contribution is 2.14. The van der Waals surface area contributed by atoms with Crippen LogP contribution in [0, 0.1) is 13.8 Å². The van der Waals surface area contributed by atoms with Gasteiger partial charge < -0.3 is 0 Å². The second-order valence-electron chi connectivity index (χ2n) is 4.81. The van der Waals surface area contributed by atoms with Crippen LogP contribution in [0.5, 0.6) is 0 Å². The highest BCUT2D eigenvalue weighted by molar-refractivity contribution is 7.16. The lowest BCUT2D eigenvalue weighted by Gasteiger charge is -2.07. The predicted molar refractivity (Wildman–Crippen MR) is 78.9 cm³/mol. The van der Waals surface area contributed by atoms with Crippen molar-refractivity contribution in [3.8, 4) is 0 Å². The van der Waals surface area contributed by atoms with Gasteiger partial charge in [-0.05, 0) is 30.9 Å². The third-order valence-corrected chi connectivity index (χ3v) is 3.91. The monoisotopic (exact) mass is 270 g/mol. The quantitative estimate of drug-likeness (QED) is 0.717. The van der Waals surface area contributed by atoms with Gasteiger partial charge in [0, 0.05) is 0 Å². The molecule has 0 N–H and O–H groups in total. The minimum atomic E-state index is 0.0328. The fourth-order valence-corrected chi connectivity index (χ4v) is 3.09. The van der Waals surface area contributed by atoms with E-state index in [0.717, 1.165) is 10.4 Å². The van der Waals surface area contributed by atoms with Gasteiger partial charge in [0.1, 0.15) is 4.83 Å². The Kier molecular flexibility index (Phi) is 2.95. The third-order valence-electron chi connectivity index (χ3n) is 3.08. The average molecular weight is 270 g/mol. The van der Waals surface area contributed by atoms with Gasteiger partial charge in [-0.15, -0.1) is 11.3 Å². The number of aromatic nitrogens is 2. The lowest BCUT2D eigenvalue weighted by Crippen LogP contribution is -2.20. The maximum Gasteiger partial charge on any atom is 0.262 e. The van der Waals surface area contributed by atoms with Crippen LogP contribution in [0.25, 0.3) is 10.2 Å². The van der Waals surface area contributed by atoms with Gasteiger partial charge in [-0.2, -0.15) is 0 Å². The van der Waals surface area contributed by atoms with Crippen LogP contribution < -0.4 is 5.56 Å². The van der Waals surface area contributed by atoms with Crippen LogP contribution >= 0.6 is 11.3 Å². The first-order valence-corrected chi connectivity index (χ1v) is 7.01. The molecule has 96 valence electrons. The van der Waals surface area contributed by atoms with Gasteiger partial charge in [-0.25, -0.2) is 4.98 Å². The fourth-order valence-electron chi connectivity index (χ4n) is 2.36. The number of nitrogens with zero attached hydrogens (tertiary/aromatic N) is 2. The summed E-state index contributed by atoms with van der Waals surface area (Å²) in [7, 11) is 0. The number of aryl methyl sites for hydroxylation is 2. The molecule has 1 aromatic carbocycles. The Labute approximate surface area is 115 Å². The highest BCUT2D eigenvalue weighted by Gasteiger charge is 2.05. The average Bonchev–Trinajstić information content (AvgIpc) is 2.80. The molecule has 0 aliphatic rings. The van der Waals surface area contributed by atoms with Crippen molar-refractivity contribution in [1.82, 2.24) is 9.55 Å². The van der Waals surface area contributed by atoms with Gasteiger partial charge in [-0.3, -0.25) is 9.36 Å². The summed E-state index contributed by atoms with van der Waals surface area (Å²) in [6.45, 7) is 4.71. The molecule has 3 aromatic rings. The molecule has 0 aliphatic carbocycles. The molecule has 0 fully saturated rings. The number of hydrogen-bond donors (Lipinski definition) is 0. The lowest BCUT2D eigenvalue weighted by molar-refractivity contribution is 0.748. The number of thiophene rings is 1. The van der Waals surface area contributed by atoms with E-state index in [0.29, 0.717) is 11.9 Å². The van der Waals surface area contributed by atoms with Crippen molar-refractivity contribution < 1.29 is 0 Å². The summed E-state index contributed by atoms with van der Waals surface area (Å²) < 4.78 is 1.67. The minimum absolute atomic E-state index is 0.0328. The van der Waals surface area contributed by atoms with Crippen molar-refractivity contribution in [3.05, 3.63) is 63.0 Å². The SMILES string of the molecule is Cc1cc(C)cc(Cn2cnc3sccc3c2=O)c1. The van der Waals surface area contributed by atoms with Crippen molar-refractivity contribution >= 4 is 21.6 Å². The number of hydrogen-bond acceptors (Lipinski definition) is 3. The normalized spacial score (nSPS) is 11.1. The van der Waals surface area contributed by atoms with Gasteiger partial charge in [-0.1, -0.05) is 29.3 Å². The standard InChI is InChI=1S/C15H14N2OS/c1-10-5-11(2)7-12(6-10)8-17-9-16-14-13(15(17)18)3-4-19-14/h3-7,9H,8H2,1-2H3. The Bertz CT molecular complexity index is 781. The molecule has 3 rings (SSSR count). The molecule has 2 heterocycles. The van der Waals surface area contributed by atoms with Crippen LogP contribution in [-0.2, 0) is 6.54 Å². The second kappa shape index (κ2) is 4.63. The van der Waals surface area contributed by atoms with Crippen molar-refractivity contribution in [2.75, 3.05) is 0 Å². The van der Waals surface area contributed by atoms with E-state index in [1.807, 2.05) is 11.4 Å². The smallest absolute Gasteiger partial charge is 0.262 e. The summed E-state index contributed by atoms with van der Waals surface area (Å²) in [5, 5.41) is 2.61. The van der Waals surface area contributed by atoms with Crippen LogP contribution in [0.4, 0.5) is 0 Å². The summed E-state index contributed by atoms with van der Waals surface area (Å²) in [6, 6.07) is 8.19. The Morgan fingerprint density at radius 3 is 2.68 bits per heavy atom. The molecular weight excluding hydrogens is 256 g/mol. The summed E-state index contributed by atoms with van der Waals surface area (Å²) in [5.74, 6) is 0. The predicted octanol–water partition coefficient (Wildman–Crippen LogP) is 3.12. The third kappa shape index (κ3) is 2.31. The number of fused-ring (bicyclic) bond motifs is 1. The molecule has 4 heteroatoms. The topological polar surface area (TPSA) is 34.9 Å². The van der Waals surface area contributed by atoms with Gasteiger partial charge in [0.2, 0.25) is 0 Å². The van der Waals surface area contributed by atoms with E-state index in [2.05, 4.69) is 37.0 Å². The maximum atomic E-state index is 12.3. The molecular formula is C15H14N2OS. The van der Waals surface area contributed by atoms with Gasteiger partial charge >= 0.3 is 0 Å². The Hall–Kier alpha value is -1.94. The second-order valence-corrected chi connectivity index (χ2v) is 5.71. The molecule has 0 saturated carbocycles. The molecule has 0 saturated heterocycles. The van der Waals surface area contributed by atoms with Gasteiger partial charge in [0.05, 0.1) is 18.3 Å². The van der Waals surface area contributed by atoms with Crippen molar-refractivity contribution in [1.29, 1.82) is 0 Å². The minimum Gasteiger partial charge on any atom is -0.294 e. The fraction of sp³-hybridized carbons (Fsp3) is 0.200. The highest BCUT2D eigenvalue weighted by atomic mass is 32.1. The summed E-state index contributed by atoms with van der Waals surface area (Å²) in [4.78, 5) is 17.4. The molecule has 0 atom stereocenters. The summed E-state index contributed by atoms with van der Waals surface area (Å²) in [5.41, 5.74) is 3.60. The van der Waals surface area contributed by atoms with Crippen LogP contribution in [0.1, 0.15) is 16.7 Å². The molecule has 0 bridgehead atoms. The molecule has 0 radical (unpaired) electrons. The zero-order chi connectivity index (χ0) is 13.4. The van der Waals surface area contributed by atoms with Crippen molar-refractivity contribution in [2.45, 2.75) is 20.4 Å². The van der Waals surface area contributed by atoms with E-state index in [1.54, 1.807) is 10.9 Å². The van der Waals surface area contributed by atoms with E-state index in [4.69, 9.17) is 0 Å². The Balaban J connectivity index is 2.05. The van der Waals surface area contributed by atoms with Crippen molar-refractivity contribution in [3.63, 3.8) is 0 Å². The molecule has 0 unspecified atom stereocenters. The van der Waals surface area contributed by atoms with Crippen LogP contribution in [0.3, 0.4) is 0 Å². The molecule has 0 spiro atoms. The van der Waals surface area contributed by atoms with E-state index < -0.39 is 0 Å². The van der Waals surface area contributed by atoms with Crippen LogP contribution in [-0.4, -0.2) is 9.55 Å². The van der Waals surface area contributed by atoms with Crippen molar-refractivity contribution in [2.24, 2.45) is 0 Å². The first-order valence-electron chi connectivity index (χ1n) is 6.13. The first kappa shape index (κ1) is 12.1. The Morgan fingerprint density at radius 1 is 1.21 bits per heavy atom. The zero-order valence-electron chi connectivity index (χ0n) is 10.9. The molecule has 2 aromatic heterocycles. The first-order chi connectivity index (χ1) is 9.13. The van der Waals surface area contributed by atoms with E-state index in [9.17, 15) is 4.79 Å². The maximum absolute atomic E-state index is 12.3. The Morgan fingerprint density at radius 2 is 1.95 bits per heavy atom. The largest absolute Gasteiger partial charge is 0.294 e. The van der Waals surface area contributed by atoms with Gasteiger partial charge in [0.25, 0.3) is 5.56 Å². The molecule has 0 aliphatic heterocycles. The van der Waals surface area contributed by atoms with E-state index in [-0.39, 0.29) is 5.56 Å². The zero-order valence-corrected chi connectivity index (χ0v) is 11.7. The van der Waals surface area contributed by atoms with E-state index >= 15 is 0 Å².